The third kappa shape index (κ3) is 4.21. The zero-order chi connectivity index (χ0) is 29.9. The summed E-state index contributed by atoms with van der Waals surface area (Å²) in [5, 5.41) is 3.59. The van der Waals surface area contributed by atoms with E-state index in [0.29, 0.717) is 45.9 Å². The van der Waals surface area contributed by atoms with E-state index in [0.717, 1.165) is 68.0 Å². The Morgan fingerprint density at radius 1 is 0.444 bits per heavy atom. The van der Waals surface area contributed by atoms with E-state index in [-0.39, 0.29) is 0 Å². The third-order valence-corrected chi connectivity index (χ3v) is 8.30. The number of H-pyrrole nitrogens is 2. The van der Waals surface area contributed by atoms with Crippen LogP contribution in [0.4, 0.5) is 5.69 Å². The van der Waals surface area contributed by atoms with Crippen LogP contribution in [-0.4, -0.2) is 39.9 Å². The fraction of sp³-hybridized carbons (Fsp3) is 0. The van der Waals surface area contributed by atoms with Crippen molar-refractivity contribution >= 4 is 49.8 Å². The fourth-order valence-corrected chi connectivity index (χ4v) is 6.12. The molecule has 8 bridgehead atoms. The van der Waals surface area contributed by atoms with E-state index in [4.69, 9.17) is 29.9 Å². The van der Waals surface area contributed by atoms with E-state index in [1.807, 2.05) is 91.0 Å². The van der Waals surface area contributed by atoms with Gasteiger partial charge in [0.15, 0.2) is 0 Å². The Kier molecular flexibility index (Phi) is 5.96. The van der Waals surface area contributed by atoms with Crippen LogP contribution in [0.3, 0.4) is 0 Å². The number of hydrogen-bond acceptors (Lipinski definition) is 10. The first-order chi connectivity index (χ1) is 22.2. The summed E-state index contributed by atoms with van der Waals surface area (Å²) < 4.78 is 2.97. The van der Waals surface area contributed by atoms with E-state index in [1.165, 1.54) is 0 Å². The molecule has 0 radical (unpaired) electrons. The number of rotatable bonds is 4. The SMILES string of the molecule is [Zn][NH]NNNc1cccc2c3nc4nc(nc5[nH]c(nc6nc(nc([nH]3)c12)-c1ccccc1-6)c1ccccc51)-c1ccccc1-4. The Labute approximate surface area is 264 Å². The molecule has 7 aromatic rings. The number of nitrogens with one attached hydrogen (secondary N) is 6. The van der Waals surface area contributed by atoms with E-state index in [9.17, 15) is 0 Å². The molecule has 2 aliphatic heterocycles. The number of nitrogens with zero attached hydrogens (tertiary/aromatic N) is 6. The van der Waals surface area contributed by atoms with Crippen LogP contribution in [0.1, 0.15) is 0 Å². The van der Waals surface area contributed by atoms with E-state index >= 15 is 0 Å². The van der Waals surface area contributed by atoms with Gasteiger partial charge in [-0.15, -0.1) is 0 Å². The molecular formula is C32H21N12Zn. The van der Waals surface area contributed by atoms with Crippen molar-refractivity contribution in [2.24, 2.45) is 0 Å². The van der Waals surface area contributed by atoms with Gasteiger partial charge in [0.05, 0.1) is 0 Å². The summed E-state index contributed by atoms with van der Waals surface area (Å²) in [6, 6.07) is 30.0. The van der Waals surface area contributed by atoms with Gasteiger partial charge in [-0.25, -0.2) is 4.98 Å². The molecule has 12 nitrogen and oxygen atoms in total. The number of anilines is 1. The van der Waals surface area contributed by atoms with Gasteiger partial charge < -0.3 is 4.98 Å². The van der Waals surface area contributed by atoms with Gasteiger partial charge in [0.25, 0.3) is 0 Å². The Hall–Kier alpha value is -5.46. The minimum absolute atomic E-state index is 0.549. The van der Waals surface area contributed by atoms with Crippen molar-refractivity contribution in [3.8, 4) is 45.6 Å². The molecule has 0 spiro atoms. The quantitative estimate of drug-likeness (QED) is 0.0854. The third-order valence-electron chi connectivity index (χ3n) is 7.93. The molecule has 0 aliphatic carbocycles. The Balaban J connectivity index is 1.46. The molecule has 13 heteroatoms. The number of aromatic nitrogens is 8. The van der Waals surface area contributed by atoms with Crippen LogP contribution in [-0.2, 0) is 18.5 Å². The second kappa shape index (κ2) is 10.3. The second-order valence-corrected chi connectivity index (χ2v) is 11.3. The summed E-state index contributed by atoms with van der Waals surface area (Å²) in [6.45, 7) is 0. The van der Waals surface area contributed by atoms with Gasteiger partial charge in [-0.3, -0.25) is 0 Å². The first-order valence-electron chi connectivity index (χ1n) is 14.3. The van der Waals surface area contributed by atoms with E-state index < -0.39 is 0 Å². The molecule has 0 saturated heterocycles. The monoisotopic (exact) mass is 637 g/mol. The van der Waals surface area contributed by atoms with Gasteiger partial charge in [-0.2, -0.15) is 0 Å². The summed E-state index contributed by atoms with van der Waals surface area (Å²) >= 11 is 0.865. The Morgan fingerprint density at radius 3 is 1.42 bits per heavy atom. The maximum absolute atomic E-state index is 5.11. The number of benzene rings is 4. The average Bonchev–Trinajstić information content (AvgIpc) is 3.81. The van der Waals surface area contributed by atoms with Crippen molar-refractivity contribution in [3.63, 3.8) is 0 Å². The number of aromatic amines is 2. The van der Waals surface area contributed by atoms with Crippen LogP contribution >= 0.6 is 0 Å². The van der Waals surface area contributed by atoms with Crippen molar-refractivity contribution in [1.29, 1.82) is 0 Å². The van der Waals surface area contributed by atoms with E-state index in [1.54, 1.807) is 0 Å². The van der Waals surface area contributed by atoms with Crippen molar-refractivity contribution < 1.29 is 18.5 Å². The van der Waals surface area contributed by atoms with Crippen LogP contribution in [0.25, 0.3) is 89.7 Å². The molecule has 211 valence electrons. The van der Waals surface area contributed by atoms with Gasteiger partial charge in [0, 0.05) is 10.8 Å². The second-order valence-electron chi connectivity index (χ2n) is 10.5. The molecule has 5 heterocycles. The topological polar surface area (TPSA) is 157 Å². The molecule has 0 saturated carbocycles. The van der Waals surface area contributed by atoms with Gasteiger partial charge in [0.1, 0.15) is 11.3 Å². The van der Waals surface area contributed by atoms with Gasteiger partial charge >= 0.3 is 185 Å². The van der Waals surface area contributed by atoms with Crippen molar-refractivity contribution in [1.82, 2.24) is 55.1 Å². The van der Waals surface area contributed by atoms with E-state index in [2.05, 4.69) is 30.6 Å². The number of fused-ring (bicyclic) bond motifs is 20. The molecule has 4 aromatic carbocycles. The predicted octanol–water partition coefficient (Wildman–Crippen LogP) is 5.26. The molecule has 45 heavy (non-hydrogen) atoms. The molecule has 0 unspecified atom stereocenters. The summed E-state index contributed by atoms with van der Waals surface area (Å²) in [6.07, 6.45) is 0. The normalized spacial score (nSPS) is 12.0. The first-order valence-corrected chi connectivity index (χ1v) is 15.7. The van der Waals surface area contributed by atoms with Crippen LogP contribution in [0.15, 0.2) is 91.0 Å². The zero-order valence-electron chi connectivity index (χ0n) is 23.6. The summed E-state index contributed by atoms with van der Waals surface area (Å²) in [7, 11) is 0. The average molecular weight is 639 g/mol. The molecule has 3 aromatic heterocycles. The van der Waals surface area contributed by atoms with Crippen LogP contribution < -0.4 is 20.7 Å². The minimum atomic E-state index is 0.549. The Morgan fingerprint density at radius 2 is 0.889 bits per heavy atom. The summed E-state index contributed by atoms with van der Waals surface area (Å²) in [5.74, 6) is 2.25. The van der Waals surface area contributed by atoms with Crippen molar-refractivity contribution in [2.45, 2.75) is 0 Å². The molecule has 0 fully saturated rings. The molecule has 0 atom stereocenters. The predicted molar refractivity (Wildman–Crippen MR) is 169 cm³/mol. The maximum atomic E-state index is 5.11. The van der Waals surface area contributed by atoms with Crippen LogP contribution in [0, 0.1) is 0 Å². The van der Waals surface area contributed by atoms with Crippen LogP contribution in [0.5, 0.6) is 0 Å². The number of hydrogen-bond donors (Lipinski definition) is 6. The van der Waals surface area contributed by atoms with Crippen molar-refractivity contribution in [3.05, 3.63) is 91.0 Å². The molecule has 0 amide bonds. The van der Waals surface area contributed by atoms with Crippen molar-refractivity contribution in [2.75, 3.05) is 5.43 Å². The summed E-state index contributed by atoms with van der Waals surface area (Å²) in [4.78, 5) is 37.1. The van der Waals surface area contributed by atoms with Crippen LogP contribution in [0.2, 0.25) is 0 Å². The fourth-order valence-electron chi connectivity index (χ4n) is 5.94. The molecule has 9 rings (SSSR count). The first kappa shape index (κ1) is 26.0. The standard InChI is InChI=1S/C32H21N12.Zn/c33-43-44-42-23-15-7-14-22-24(23)32-40-30-21-13-6-5-12-20(21)28(38-30)36-26-17-9-2-1-8-16(17)25(34-26)35-27-18-10-3-4-11-19(18)29(37-27)39-31(22)41-32;/h1-15,33,42-44H,(H2,34,35,36,37,38,39,40,41);/q-1;+1. The molecule has 6 N–H and O–H groups in total. The van der Waals surface area contributed by atoms with Gasteiger partial charge in [-0.1, -0.05) is 48.5 Å². The van der Waals surface area contributed by atoms with Gasteiger partial charge in [0.2, 0.25) is 0 Å². The Bertz CT molecular complexity index is 2480. The van der Waals surface area contributed by atoms with Gasteiger partial charge in [-0.05, 0) is 0 Å². The zero-order valence-corrected chi connectivity index (χ0v) is 26.5. The molecular weight excluding hydrogens is 618 g/mol. The number of hydrazine groups is 3. The molecule has 2 aliphatic rings. The summed E-state index contributed by atoms with van der Waals surface area (Å²) in [5.41, 5.74) is 16.0.